The molecule has 1 aromatic rings. The first-order chi connectivity index (χ1) is 5.77. The second-order valence-corrected chi connectivity index (χ2v) is 3.32. The topological polar surface area (TPSA) is 24.1 Å². The normalized spacial score (nSPS) is 14.6. The molecule has 1 heterocycles. The number of hydrogen-bond acceptors (Lipinski definition) is 1. The van der Waals surface area contributed by atoms with Gasteiger partial charge < -0.3 is 10.6 Å². The molecule has 0 bridgehead atoms. The van der Waals surface area contributed by atoms with E-state index in [1.54, 1.807) is 0 Å². The number of rotatable bonds is 0. The van der Waals surface area contributed by atoms with Crippen molar-refractivity contribution in [2.75, 3.05) is 5.32 Å². The molecule has 0 aromatic heterocycles. The van der Waals surface area contributed by atoms with Gasteiger partial charge in [0.05, 0.1) is 0 Å². The van der Waals surface area contributed by atoms with Crippen molar-refractivity contribution in [3.05, 3.63) is 29.3 Å². The lowest BCUT2D eigenvalue weighted by Gasteiger charge is -2.21. The van der Waals surface area contributed by atoms with Gasteiger partial charge in [0, 0.05) is 12.2 Å². The summed E-state index contributed by atoms with van der Waals surface area (Å²) in [6, 6.07) is 6.25. The molecule has 2 nitrogen and oxygen atoms in total. The van der Waals surface area contributed by atoms with E-state index < -0.39 is 0 Å². The van der Waals surface area contributed by atoms with Crippen molar-refractivity contribution in [1.82, 2.24) is 5.32 Å². The Balaban J connectivity index is 2.50. The molecule has 0 saturated carbocycles. The highest BCUT2D eigenvalue weighted by molar-refractivity contribution is 7.80. The Morgan fingerprint density at radius 1 is 1.42 bits per heavy atom. The highest BCUT2D eigenvalue weighted by atomic mass is 32.1. The van der Waals surface area contributed by atoms with E-state index in [2.05, 4.69) is 35.8 Å². The first-order valence-electron chi connectivity index (χ1n) is 3.91. The van der Waals surface area contributed by atoms with Gasteiger partial charge in [0.2, 0.25) is 0 Å². The van der Waals surface area contributed by atoms with Gasteiger partial charge in [-0.25, -0.2) is 0 Å². The van der Waals surface area contributed by atoms with Crippen molar-refractivity contribution in [3.8, 4) is 0 Å². The number of thiocarbonyl (C=S) groups is 1. The summed E-state index contributed by atoms with van der Waals surface area (Å²) in [5.41, 5.74) is 3.70. The van der Waals surface area contributed by atoms with Gasteiger partial charge in [-0.2, -0.15) is 0 Å². The van der Waals surface area contributed by atoms with E-state index in [-0.39, 0.29) is 0 Å². The SMILES string of the molecule is Cc1cccc2c1NC(=S)NC2. The third-order valence-electron chi connectivity index (χ3n) is 2.04. The molecule has 0 fully saturated rings. The van der Waals surface area contributed by atoms with Gasteiger partial charge in [0.1, 0.15) is 0 Å². The van der Waals surface area contributed by atoms with Crippen LogP contribution in [0.4, 0.5) is 5.69 Å². The average molecular weight is 178 g/mol. The lowest BCUT2D eigenvalue weighted by molar-refractivity contribution is 0.906. The molecule has 0 unspecified atom stereocenters. The summed E-state index contributed by atoms with van der Waals surface area (Å²) in [4.78, 5) is 0. The fourth-order valence-corrected chi connectivity index (χ4v) is 1.56. The summed E-state index contributed by atoms with van der Waals surface area (Å²) in [5.74, 6) is 0. The van der Waals surface area contributed by atoms with Gasteiger partial charge >= 0.3 is 0 Å². The standard InChI is InChI=1S/C9H10N2S/c1-6-3-2-4-7-5-10-9(12)11-8(6)7/h2-4H,5H2,1H3,(H2,10,11,12). The van der Waals surface area contributed by atoms with Crippen molar-refractivity contribution < 1.29 is 0 Å². The molecule has 0 aliphatic carbocycles. The predicted molar refractivity (Wildman–Crippen MR) is 54.2 cm³/mol. The molecule has 0 radical (unpaired) electrons. The fraction of sp³-hybridized carbons (Fsp3) is 0.222. The zero-order valence-electron chi connectivity index (χ0n) is 6.85. The van der Waals surface area contributed by atoms with Crippen LogP contribution in [0, 0.1) is 6.92 Å². The van der Waals surface area contributed by atoms with Crippen LogP contribution in [0.1, 0.15) is 11.1 Å². The Bertz CT molecular complexity index is 333. The maximum Gasteiger partial charge on any atom is 0.171 e. The van der Waals surface area contributed by atoms with Crippen molar-refractivity contribution >= 4 is 23.0 Å². The van der Waals surface area contributed by atoms with Gasteiger partial charge in [-0.1, -0.05) is 18.2 Å². The molecule has 1 aliphatic rings. The third-order valence-corrected chi connectivity index (χ3v) is 2.28. The summed E-state index contributed by atoms with van der Waals surface area (Å²) >= 11 is 5.02. The van der Waals surface area contributed by atoms with Crippen LogP contribution in [-0.4, -0.2) is 5.11 Å². The van der Waals surface area contributed by atoms with E-state index in [1.807, 2.05) is 0 Å². The average Bonchev–Trinajstić information content (AvgIpc) is 2.07. The molecular weight excluding hydrogens is 168 g/mol. The highest BCUT2D eigenvalue weighted by Gasteiger charge is 2.11. The second kappa shape index (κ2) is 2.75. The van der Waals surface area contributed by atoms with Crippen molar-refractivity contribution in [2.45, 2.75) is 13.5 Å². The van der Waals surface area contributed by atoms with Crippen LogP contribution in [0.25, 0.3) is 0 Å². The molecule has 1 aliphatic heterocycles. The van der Waals surface area contributed by atoms with Crippen LogP contribution in [0.15, 0.2) is 18.2 Å². The van der Waals surface area contributed by atoms with Crippen molar-refractivity contribution in [2.24, 2.45) is 0 Å². The number of aryl methyl sites for hydroxylation is 1. The summed E-state index contributed by atoms with van der Waals surface area (Å²) in [7, 11) is 0. The molecule has 2 rings (SSSR count). The lowest BCUT2D eigenvalue weighted by atomic mass is 10.1. The quantitative estimate of drug-likeness (QED) is 0.592. The van der Waals surface area contributed by atoms with Crippen LogP contribution in [0.5, 0.6) is 0 Å². The summed E-state index contributed by atoms with van der Waals surface area (Å²) in [6.07, 6.45) is 0. The van der Waals surface area contributed by atoms with E-state index in [0.717, 1.165) is 11.7 Å². The number of nitrogens with one attached hydrogen (secondary N) is 2. The second-order valence-electron chi connectivity index (χ2n) is 2.92. The zero-order chi connectivity index (χ0) is 8.55. The maximum absolute atomic E-state index is 5.02. The Kier molecular flexibility index (Phi) is 1.73. The number of para-hydroxylation sites is 1. The largest absolute Gasteiger partial charge is 0.358 e. The molecular formula is C9H10N2S. The van der Waals surface area contributed by atoms with Gasteiger partial charge in [-0.15, -0.1) is 0 Å². The van der Waals surface area contributed by atoms with Crippen LogP contribution in [0.3, 0.4) is 0 Å². The molecule has 3 heteroatoms. The first-order valence-corrected chi connectivity index (χ1v) is 4.31. The smallest absolute Gasteiger partial charge is 0.171 e. The first kappa shape index (κ1) is 7.55. The minimum atomic E-state index is 0.719. The van der Waals surface area contributed by atoms with E-state index >= 15 is 0 Å². The number of anilines is 1. The molecule has 0 spiro atoms. The molecule has 0 atom stereocenters. The van der Waals surface area contributed by atoms with Gasteiger partial charge in [0.15, 0.2) is 5.11 Å². The highest BCUT2D eigenvalue weighted by Crippen LogP contribution is 2.22. The summed E-state index contributed by atoms with van der Waals surface area (Å²) in [6.45, 7) is 2.92. The summed E-state index contributed by atoms with van der Waals surface area (Å²) in [5, 5.41) is 6.95. The van der Waals surface area contributed by atoms with Crippen molar-refractivity contribution in [3.63, 3.8) is 0 Å². The van der Waals surface area contributed by atoms with Crippen LogP contribution < -0.4 is 10.6 Å². The number of fused-ring (bicyclic) bond motifs is 1. The van der Waals surface area contributed by atoms with Gasteiger partial charge in [-0.3, -0.25) is 0 Å². The molecule has 0 saturated heterocycles. The number of hydrogen-bond donors (Lipinski definition) is 2. The predicted octanol–water partition coefficient (Wildman–Crippen LogP) is 1.80. The van der Waals surface area contributed by atoms with Crippen LogP contribution in [-0.2, 0) is 6.54 Å². The molecule has 1 aromatic carbocycles. The van der Waals surface area contributed by atoms with Gasteiger partial charge in [0.25, 0.3) is 0 Å². The zero-order valence-corrected chi connectivity index (χ0v) is 7.66. The number of benzene rings is 1. The Morgan fingerprint density at radius 2 is 2.25 bits per heavy atom. The minimum absolute atomic E-state index is 0.719. The Hall–Kier alpha value is -1.09. The third kappa shape index (κ3) is 1.16. The monoisotopic (exact) mass is 178 g/mol. The van der Waals surface area contributed by atoms with Crippen molar-refractivity contribution in [1.29, 1.82) is 0 Å². The molecule has 12 heavy (non-hydrogen) atoms. The summed E-state index contributed by atoms with van der Waals surface area (Å²) < 4.78 is 0. The molecule has 2 N–H and O–H groups in total. The van der Waals surface area contributed by atoms with Crippen LogP contribution >= 0.6 is 12.2 Å². The fourth-order valence-electron chi connectivity index (χ4n) is 1.39. The Labute approximate surface area is 77.0 Å². The maximum atomic E-state index is 5.02. The van der Waals surface area contributed by atoms with Gasteiger partial charge in [-0.05, 0) is 30.3 Å². The van der Waals surface area contributed by atoms with Crippen LogP contribution in [0.2, 0.25) is 0 Å². The lowest BCUT2D eigenvalue weighted by Crippen LogP contribution is -2.33. The van der Waals surface area contributed by atoms with E-state index in [4.69, 9.17) is 12.2 Å². The van der Waals surface area contributed by atoms with E-state index in [1.165, 1.54) is 16.8 Å². The van der Waals surface area contributed by atoms with E-state index in [0.29, 0.717) is 0 Å². The minimum Gasteiger partial charge on any atom is -0.358 e. The molecule has 0 amide bonds. The Morgan fingerprint density at radius 3 is 3.08 bits per heavy atom. The van der Waals surface area contributed by atoms with E-state index in [9.17, 15) is 0 Å². The molecule has 62 valence electrons.